The Balaban J connectivity index is 2.17. The molecule has 0 aliphatic rings. The monoisotopic (exact) mass is 328 g/mol. The van der Waals surface area contributed by atoms with Crippen LogP contribution >= 0.6 is 0 Å². The van der Waals surface area contributed by atoms with Gasteiger partial charge in [-0.25, -0.2) is 9.97 Å². The fourth-order valence-electron chi connectivity index (χ4n) is 2.38. The second kappa shape index (κ2) is 8.40. The van der Waals surface area contributed by atoms with Crippen molar-refractivity contribution in [1.82, 2.24) is 9.97 Å². The van der Waals surface area contributed by atoms with Crippen molar-refractivity contribution in [2.45, 2.75) is 26.7 Å². The number of methoxy groups -OCH3 is 1. The first kappa shape index (κ1) is 17.9. The van der Waals surface area contributed by atoms with Gasteiger partial charge in [-0.3, -0.25) is 4.79 Å². The highest BCUT2D eigenvalue weighted by atomic mass is 16.5. The van der Waals surface area contributed by atoms with Gasteiger partial charge in [0.05, 0.1) is 6.61 Å². The Bertz CT molecular complexity index is 701. The second-order valence-electron chi connectivity index (χ2n) is 5.86. The number of nitrogens with one attached hydrogen (secondary N) is 2. The lowest BCUT2D eigenvalue weighted by Gasteiger charge is -2.16. The molecular formula is C18H24N4O2. The molecule has 2 rings (SSSR count). The number of aromatic nitrogens is 2. The van der Waals surface area contributed by atoms with E-state index in [9.17, 15) is 4.79 Å². The number of nitrogens with zero attached hydrogens (tertiary/aromatic N) is 2. The van der Waals surface area contributed by atoms with Crippen LogP contribution in [-0.2, 0) is 4.74 Å². The smallest absolute Gasteiger partial charge is 0.274 e. The third-order valence-electron chi connectivity index (χ3n) is 3.68. The summed E-state index contributed by atoms with van der Waals surface area (Å²) in [5.41, 5.74) is 3.31. The molecule has 1 heterocycles. The summed E-state index contributed by atoms with van der Waals surface area (Å²) < 4.78 is 4.98. The van der Waals surface area contributed by atoms with Crippen molar-refractivity contribution in [3.8, 4) is 0 Å². The van der Waals surface area contributed by atoms with Crippen LogP contribution in [0.15, 0.2) is 30.6 Å². The van der Waals surface area contributed by atoms with Crippen molar-refractivity contribution in [3.63, 3.8) is 0 Å². The van der Waals surface area contributed by atoms with Gasteiger partial charge in [-0.2, -0.15) is 0 Å². The zero-order chi connectivity index (χ0) is 17.5. The normalized spacial score (nSPS) is 10.7. The summed E-state index contributed by atoms with van der Waals surface area (Å²) in [4.78, 5) is 20.7. The number of benzene rings is 1. The van der Waals surface area contributed by atoms with Gasteiger partial charge in [-0.05, 0) is 24.0 Å². The molecule has 1 aromatic heterocycles. The van der Waals surface area contributed by atoms with E-state index in [-0.39, 0.29) is 5.91 Å². The van der Waals surface area contributed by atoms with Gasteiger partial charge in [0.1, 0.15) is 17.8 Å². The minimum atomic E-state index is -0.247. The standard InChI is InChI=1S/C18H24N4O2/c1-12(2)14-7-5-6-13(3)17(14)22-18(23)15-10-16(21-11-20-15)19-8-9-24-4/h5-7,10-12H,8-9H2,1-4H3,(H,22,23)(H,19,20,21). The number of amides is 1. The van der Waals surface area contributed by atoms with Gasteiger partial charge in [-0.15, -0.1) is 0 Å². The Hall–Kier alpha value is -2.47. The molecule has 1 aromatic carbocycles. The molecule has 24 heavy (non-hydrogen) atoms. The Morgan fingerprint density at radius 3 is 2.79 bits per heavy atom. The fraction of sp³-hybridized carbons (Fsp3) is 0.389. The molecular weight excluding hydrogens is 304 g/mol. The predicted octanol–water partition coefficient (Wildman–Crippen LogP) is 3.22. The Labute approximate surface area is 142 Å². The molecule has 6 nitrogen and oxygen atoms in total. The fourth-order valence-corrected chi connectivity index (χ4v) is 2.38. The van der Waals surface area contributed by atoms with Crippen molar-refractivity contribution < 1.29 is 9.53 Å². The average Bonchev–Trinajstić information content (AvgIpc) is 2.57. The van der Waals surface area contributed by atoms with Gasteiger partial charge in [0.25, 0.3) is 5.91 Å². The lowest BCUT2D eigenvalue weighted by Crippen LogP contribution is -2.17. The lowest BCUT2D eigenvalue weighted by molar-refractivity contribution is 0.102. The molecule has 0 fully saturated rings. The van der Waals surface area contributed by atoms with Crippen molar-refractivity contribution in [1.29, 1.82) is 0 Å². The van der Waals surface area contributed by atoms with Crippen LogP contribution in [0.5, 0.6) is 0 Å². The number of rotatable bonds is 7. The summed E-state index contributed by atoms with van der Waals surface area (Å²) in [6.45, 7) is 7.37. The number of hydrogen-bond donors (Lipinski definition) is 2. The quantitative estimate of drug-likeness (QED) is 0.763. The van der Waals surface area contributed by atoms with Crippen molar-refractivity contribution in [3.05, 3.63) is 47.4 Å². The van der Waals surface area contributed by atoms with Crippen LogP contribution in [0.2, 0.25) is 0 Å². The molecule has 2 N–H and O–H groups in total. The summed E-state index contributed by atoms with van der Waals surface area (Å²) in [6, 6.07) is 7.66. The van der Waals surface area contributed by atoms with Crippen LogP contribution in [0.1, 0.15) is 41.4 Å². The molecule has 0 atom stereocenters. The third kappa shape index (κ3) is 4.52. The van der Waals surface area contributed by atoms with E-state index in [1.54, 1.807) is 13.2 Å². The van der Waals surface area contributed by atoms with Gasteiger partial charge in [0, 0.05) is 25.4 Å². The van der Waals surface area contributed by atoms with E-state index in [0.29, 0.717) is 30.6 Å². The second-order valence-corrected chi connectivity index (χ2v) is 5.86. The van der Waals surface area contributed by atoms with Crippen LogP contribution in [0.3, 0.4) is 0 Å². The maximum atomic E-state index is 12.6. The highest BCUT2D eigenvalue weighted by Crippen LogP contribution is 2.27. The lowest BCUT2D eigenvalue weighted by atomic mass is 9.98. The van der Waals surface area contributed by atoms with Crippen LogP contribution in [0.25, 0.3) is 0 Å². The molecule has 0 spiro atoms. The summed E-state index contributed by atoms with van der Waals surface area (Å²) in [5.74, 6) is 0.668. The van der Waals surface area contributed by atoms with Crippen LogP contribution in [0, 0.1) is 6.92 Å². The summed E-state index contributed by atoms with van der Waals surface area (Å²) in [6.07, 6.45) is 1.38. The zero-order valence-electron chi connectivity index (χ0n) is 14.6. The van der Waals surface area contributed by atoms with Crippen molar-refractivity contribution >= 4 is 17.4 Å². The topological polar surface area (TPSA) is 76.1 Å². The Morgan fingerprint density at radius 2 is 2.08 bits per heavy atom. The summed E-state index contributed by atoms with van der Waals surface area (Å²) in [5, 5.41) is 6.08. The van der Waals surface area contributed by atoms with Gasteiger partial charge in [0.15, 0.2) is 0 Å². The SMILES string of the molecule is COCCNc1cc(C(=O)Nc2c(C)cccc2C(C)C)ncn1. The molecule has 0 bridgehead atoms. The molecule has 2 aromatic rings. The maximum absolute atomic E-state index is 12.6. The number of carbonyl (C=O) groups excluding carboxylic acids is 1. The van der Waals surface area contributed by atoms with Gasteiger partial charge >= 0.3 is 0 Å². The highest BCUT2D eigenvalue weighted by Gasteiger charge is 2.14. The van der Waals surface area contributed by atoms with Gasteiger partial charge in [-0.1, -0.05) is 32.0 Å². The molecule has 0 radical (unpaired) electrons. The first-order valence-corrected chi connectivity index (χ1v) is 7.98. The Kier molecular flexibility index (Phi) is 6.26. The van der Waals surface area contributed by atoms with E-state index < -0.39 is 0 Å². The van der Waals surface area contributed by atoms with Crippen LogP contribution < -0.4 is 10.6 Å². The minimum Gasteiger partial charge on any atom is -0.383 e. The zero-order valence-corrected chi connectivity index (χ0v) is 14.6. The molecule has 1 amide bonds. The number of ether oxygens (including phenoxy) is 1. The minimum absolute atomic E-state index is 0.247. The maximum Gasteiger partial charge on any atom is 0.274 e. The van der Waals surface area contributed by atoms with Crippen LogP contribution in [0.4, 0.5) is 11.5 Å². The van der Waals surface area contributed by atoms with Crippen molar-refractivity contribution in [2.24, 2.45) is 0 Å². The molecule has 0 aliphatic heterocycles. The third-order valence-corrected chi connectivity index (χ3v) is 3.68. The first-order valence-electron chi connectivity index (χ1n) is 7.98. The largest absolute Gasteiger partial charge is 0.383 e. The highest BCUT2D eigenvalue weighted by molar-refractivity contribution is 6.04. The van der Waals surface area contributed by atoms with E-state index in [0.717, 1.165) is 16.8 Å². The van der Waals surface area contributed by atoms with E-state index in [4.69, 9.17) is 4.74 Å². The predicted molar refractivity (Wildman–Crippen MR) is 95.6 cm³/mol. The van der Waals surface area contributed by atoms with E-state index in [1.807, 2.05) is 25.1 Å². The van der Waals surface area contributed by atoms with Crippen LogP contribution in [-0.4, -0.2) is 36.1 Å². The number of aryl methyl sites for hydroxylation is 1. The number of carbonyl (C=O) groups is 1. The van der Waals surface area contributed by atoms with Crippen molar-refractivity contribution in [2.75, 3.05) is 30.9 Å². The van der Waals surface area contributed by atoms with E-state index in [1.165, 1.54) is 6.33 Å². The molecule has 6 heteroatoms. The average molecular weight is 328 g/mol. The molecule has 0 unspecified atom stereocenters. The summed E-state index contributed by atoms with van der Waals surface area (Å²) in [7, 11) is 1.63. The van der Waals surface area contributed by atoms with E-state index >= 15 is 0 Å². The summed E-state index contributed by atoms with van der Waals surface area (Å²) >= 11 is 0. The molecule has 0 saturated heterocycles. The molecule has 0 saturated carbocycles. The number of anilines is 2. The van der Waals surface area contributed by atoms with Gasteiger partial charge < -0.3 is 15.4 Å². The first-order chi connectivity index (χ1) is 11.5. The van der Waals surface area contributed by atoms with E-state index in [2.05, 4.69) is 34.4 Å². The number of para-hydroxylation sites is 1. The number of hydrogen-bond acceptors (Lipinski definition) is 5. The Morgan fingerprint density at radius 1 is 1.29 bits per heavy atom. The molecule has 0 aliphatic carbocycles. The molecule has 128 valence electrons. The van der Waals surface area contributed by atoms with Gasteiger partial charge in [0.2, 0.25) is 0 Å².